The van der Waals surface area contributed by atoms with Gasteiger partial charge in [-0.3, -0.25) is 0 Å². The van der Waals surface area contributed by atoms with Gasteiger partial charge in [0.05, 0.1) is 0 Å². The molecule has 2 atom stereocenters. The molecule has 1 nitrogen and oxygen atoms in total. The SMILES string of the molecule is NC1C=C(C2CC=CCC2)CCC1. The molecule has 13 heavy (non-hydrogen) atoms. The molecule has 0 bridgehead atoms. The van der Waals surface area contributed by atoms with Crippen LogP contribution in [0.4, 0.5) is 0 Å². The molecule has 0 amide bonds. The summed E-state index contributed by atoms with van der Waals surface area (Å²) in [4.78, 5) is 0. The van der Waals surface area contributed by atoms with Crippen LogP contribution in [-0.2, 0) is 0 Å². The van der Waals surface area contributed by atoms with Gasteiger partial charge in [0.25, 0.3) is 0 Å². The minimum absolute atomic E-state index is 0.342. The second kappa shape index (κ2) is 4.10. The molecule has 0 aromatic carbocycles. The Bertz CT molecular complexity index is 227. The molecule has 0 heterocycles. The summed E-state index contributed by atoms with van der Waals surface area (Å²) in [6.07, 6.45) is 14.6. The van der Waals surface area contributed by atoms with Crippen molar-refractivity contribution in [3.8, 4) is 0 Å². The number of nitrogens with two attached hydrogens (primary N) is 1. The van der Waals surface area contributed by atoms with Crippen LogP contribution in [0.1, 0.15) is 38.5 Å². The van der Waals surface area contributed by atoms with Crippen LogP contribution >= 0.6 is 0 Å². The van der Waals surface area contributed by atoms with Crippen LogP contribution in [-0.4, -0.2) is 6.04 Å². The van der Waals surface area contributed by atoms with E-state index in [9.17, 15) is 0 Å². The molecule has 2 rings (SSSR count). The van der Waals surface area contributed by atoms with Crippen LogP contribution in [0, 0.1) is 5.92 Å². The maximum atomic E-state index is 5.94. The van der Waals surface area contributed by atoms with Gasteiger partial charge in [0.15, 0.2) is 0 Å². The minimum Gasteiger partial charge on any atom is -0.324 e. The molecule has 0 radical (unpaired) electrons. The second-order valence-corrected chi connectivity index (χ2v) is 4.28. The summed E-state index contributed by atoms with van der Waals surface area (Å²) < 4.78 is 0. The van der Waals surface area contributed by atoms with Gasteiger partial charge >= 0.3 is 0 Å². The molecule has 2 N–H and O–H groups in total. The van der Waals surface area contributed by atoms with Crippen LogP contribution in [0.15, 0.2) is 23.8 Å². The Balaban J connectivity index is 2.02. The van der Waals surface area contributed by atoms with E-state index in [0.717, 1.165) is 5.92 Å². The van der Waals surface area contributed by atoms with Crippen LogP contribution in [0.2, 0.25) is 0 Å². The van der Waals surface area contributed by atoms with Gasteiger partial charge in [-0.15, -0.1) is 0 Å². The zero-order valence-electron chi connectivity index (χ0n) is 8.21. The van der Waals surface area contributed by atoms with E-state index < -0.39 is 0 Å². The first-order chi connectivity index (χ1) is 6.36. The van der Waals surface area contributed by atoms with Crippen molar-refractivity contribution in [1.82, 2.24) is 0 Å². The zero-order valence-corrected chi connectivity index (χ0v) is 8.21. The van der Waals surface area contributed by atoms with E-state index in [4.69, 9.17) is 5.73 Å². The predicted molar refractivity (Wildman–Crippen MR) is 56.4 cm³/mol. The zero-order chi connectivity index (χ0) is 9.10. The van der Waals surface area contributed by atoms with Crippen LogP contribution < -0.4 is 5.73 Å². The van der Waals surface area contributed by atoms with E-state index in [2.05, 4.69) is 18.2 Å². The molecule has 0 aromatic rings. The molecular formula is C12H19N. The second-order valence-electron chi connectivity index (χ2n) is 4.28. The molecular weight excluding hydrogens is 158 g/mol. The van der Waals surface area contributed by atoms with Crippen molar-refractivity contribution < 1.29 is 0 Å². The van der Waals surface area contributed by atoms with E-state index in [1.165, 1.54) is 38.5 Å². The quantitative estimate of drug-likeness (QED) is 0.612. The third-order valence-electron chi connectivity index (χ3n) is 3.22. The van der Waals surface area contributed by atoms with E-state index >= 15 is 0 Å². The summed E-state index contributed by atoms with van der Waals surface area (Å²) in [5.74, 6) is 0.816. The van der Waals surface area contributed by atoms with Crippen molar-refractivity contribution in [2.24, 2.45) is 11.7 Å². The Morgan fingerprint density at radius 1 is 1.23 bits per heavy atom. The number of allylic oxidation sites excluding steroid dienone is 3. The average Bonchev–Trinajstić information content (AvgIpc) is 2.19. The van der Waals surface area contributed by atoms with Gasteiger partial charge in [-0.25, -0.2) is 0 Å². The summed E-state index contributed by atoms with van der Waals surface area (Å²) in [6.45, 7) is 0. The highest BCUT2D eigenvalue weighted by Gasteiger charge is 2.18. The van der Waals surface area contributed by atoms with Crippen LogP contribution in [0.25, 0.3) is 0 Å². The molecule has 72 valence electrons. The minimum atomic E-state index is 0.342. The van der Waals surface area contributed by atoms with Gasteiger partial charge < -0.3 is 5.73 Å². The standard InChI is InChI=1S/C12H19N/c13-12-8-4-7-11(9-12)10-5-2-1-3-6-10/h1-2,9-10,12H,3-8,13H2. The lowest BCUT2D eigenvalue weighted by molar-refractivity contribution is 0.495. The lowest BCUT2D eigenvalue weighted by Crippen LogP contribution is -2.22. The molecule has 0 fully saturated rings. The van der Waals surface area contributed by atoms with Gasteiger partial charge in [0, 0.05) is 6.04 Å². The van der Waals surface area contributed by atoms with Crippen molar-refractivity contribution in [2.45, 2.75) is 44.6 Å². The number of rotatable bonds is 1. The van der Waals surface area contributed by atoms with Crippen molar-refractivity contribution in [3.05, 3.63) is 23.8 Å². The van der Waals surface area contributed by atoms with Gasteiger partial charge in [0.1, 0.15) is 0 Å². The van der Waals surface area contributed by atoms with Gasteiger partial charge in [-0.1, -0.05) is 23.8 Å². The predicted octanol–water partition coefficient (Wildman–Crippen LogP) is 2.78. The maximum Gasteiger partial charge on any atom is 0.0226 e. The summed E-state index contributed by atoms with van der Waals surface area (Å²) in [5.41, 5.74) is 7.58. The van der Waals surface area contributed by atoms with Crippen LogP contribution in [0.5, 0.6) is 0 Å². The van der Waals surface area contributed by atoms with E-state index in [1.807, 2.05) is 0 Å². The Kier molecular flexibility index (Phi) is 2.84. The summed E-state index contributed by atoms with van der Waals surface area (Å²) in [7, 11) is 0. The Morgan fingerprint density at radius 3 is 2.85 bits per heavy atom. The highest BCUT2D eigenvalue weighted by molar-refractivity contribution is 5.16. The average molecular weight is 177 g/mol. The molecule has 0 aliphatic heterocycles. The third-order valence-corrected chi connectivity index (χ3v) is 3.22. The Hall–Kier alpha value is -0.560. The summed E-state index contributed by atoms with van der Waals surface area (Å²) in [5, 5.41) is 0. The van der Waals surface area contributed by atoms with Gasteiger partial charge in [0.2, 0.25) is 0 Å². The molecule has 1 heteroatoms. The molecule has 0 saturated carbocycles. The fourth-order valence-corrected chi connectivity index (χ4v) is 2.45. The number of hydrogen-bond acceptors (Lipinski definition) is 1. The molecule has 0 spiro atoms. The third kappa shape index (κ3) is 2.22. The molecule has 0 aromatic heterocycles. The summed E-state index contributed by atoms with van der Waals surface area (Å²) >= 11 is 0. The first-order valence-electron chi connectivity index (χ1n) is 5.47. The Morgan fingerprint density at radius 2 is 2.15 bits per heavy atom. The molecule has 2 unspecified atom stereocenters. The molecule has 0 saturated heterocycles. The monoisotopic (exact) mass is 177 g/mol. The topological polar surface area (TPSA) is 26.0 Å². The fourth-order valence-electron chi connectivity index (χ4n) is 2.45. The molecule has 2 aliphatic carbocycles. The van der Waals surface area contributed by atoms with Crippen LogP contribution in [0.3, 0.4) is 0 Å². The van der Waals surface area contributed by atoms with E-state index in [1.54, 1.807) is 5.57 Å². The lowest BCUT2D eigenvalue weighted by atomic mass is 9.81. The highest BCUT2D eigenvalue weighted by atomic mass is 14.6. The maximum absolute atomic E-state index is 5.94. The van der Waals surface area contributed by atoms with Crippen molar-refractivity contribution in [1.29, 1.82) is 0 Å². The van der Waals surface area contributed by atoms with E-state index in [-0.39, 0.29) is 0 Å². The van der Waals surface area contributed by atoms with Gasteiger partial charge in [-0.05, 0) is 44.4 Å². The van der Waals surface area contributed by atoms with Gasteiger partial charge in [-0.2, -0.15) is 0 Å². The van der Waals surface area contributed by atoms with Crippen molar-refractivity contribution in [3.63, 3.8) is 0 Å². The number of hydrogen-bond donors (Lipinski definition) is 1. The van der Waals surface area contributed by atoms with E-state index in [0.29, 0.717) is 6.04 Å². The fraction of sp³-hybridized carbons (Fsp3) is 0.667. The normalized spacial score (nSPS) is 34.4. The smallest absolute Gasteiger partial charge is 0.0226 e. The first kappa shape index (κ1) is 9.01. The highest BCUT2D eigenvalue weighted by Crippen LogP contribution is 2.31. The molecule has 2 aliphatic rings. The Labute approximate surface area is 80.7 Å². The van der Waals surface area contributed by atoms with Crippen molar-refractivity contribution >= 4 is 0 Å². The summed E-state index contributed by atoms with van der Waals surface area (Å²) in [6, 6.07) is 0.342. The van der Waals surface area contributed by atoms with Crippen molar-refractivity contribution in [2.75, 3.05) is 0 Å². The lowest BCUT2D eigenvalue weighted by Gasteiger charge is -2.26. The first-order valence-corrected chi connectivity index (χ1v) is 5.47. The largest absolute Gasteiger partial charge is 0.324 e.